The number of aromatic carboxylic acids is 1. The molecule has 0 unspecified atom stereocenters. The molecule has 7 heteroatoms. The summed E-state index contributed by atoms with van der Waals surface area (Å²) in [4.78, 5) is 12.1. The molecule has 2 N–H and O–H groups in total. The zero-order valence-electron chi connectivity index (χ0n) is 19.2. The number of hydrogen-bond acceptors (Lipinski definition) is 5. The zero-order chi connectivity index (χ0) is 24.4. The number of methoxy groups -OCH3 is 1. The molecule has 0 bridgehead atoms. The van der Waals surface area contributed by atoms with Crippen molar-refractivity contribution < 1.29 is 14.6 Å². The van der Waals surface area contributed by atoms with Crippen LogP contribution in [-0.2, 0) is 0 Å². The van der Waals surface area contributed by atoms with Gasteiger partial charge >= 0.3 is 5.97 Å². The first-order valence-electron chi connectivity index (χ1n) is 11.0. The lowest BCUT2D eigenvalue weighted by atomic mass is 10.0. The van der Waals surface area contributed by atoms with Gasteiger partial charge in [0.2, 0.25) is 0 Å². The fourth-order valence-corrected chi connectivity index (χ4v) is 4.70. The minimum Gasteiger partial charge on any atom is -0.497 e. The van der Waals surface area contributed by atoms with E-state index in [1.54, 1.807) is 23.5 Å². The van der Waals surface area contributed by atoms with Crippen LogP contribution < -0.4 is 10.1 Å². The highest BCUT2D eigenvalue weighted by Crippen LogP contribution is 2.42. The van der Waals surface area contributed by atoms with Crippen LogP contribution in [0.5, 0.6) is 5.75 Å². The van der Waals surface area contributed by atoms with Crippen molar-refractivity contribution in [1.82, 2.24) is 9.78 Å². The molecular weight excluding hydrogens is 458 g/mol. The molecule has 0 aliphatic heterocycles. The van der Waals surface area contributed by atoms with Gasteiger partial charge in [-0.2, -0.15) is 16.4 Å². The number of hydrogen-bond donors (Lipinski definition) is 2. The molecule has 0 atom stereocenters. The Morgan fingerprint density at radius 2 is 1.77 bits per heavy atom. The summed E-state index contributed by atoms with van der Waals surface area (Å²) < 4.78 is 7.12. The maximum atomic E-state index is 12.1. The summed E-state index contributed by atoms with van der Waals surface area (Å²) in [6, 6.07) is 25.0. The van der Waals surface area contributed by atoms with Gasteiger partial charge in [0.15, 0.2) is 0 Å². The van der Waals surface area contributed by atoms with E-state index < -0.39 is 5.97 Å². The number of rotatable bonds is 7. The molecule has 0 saturated carbocycles. The number of carboxylic acid groups (broad SMARTS) is 1. The van der Waals surface area contributed by atoms with Crippen molar-refractivity contribution in [2.75, 3.05) is 12.4 Å². The van der Waals surface area contributed by atoms with Crippen LogP contribution in [0.2, 0.25) is 0 Å². The number of anilines is 2. The van der Waals surface area contributed by atoms with Gasteiger partial charge in [-0.05, 0) is 59.1 Å². The van der Waals surface area contributed by atoms with Gasteiger partial charge in [0, 0.05) is 5.56 Å². The van der Waals surface area contributed by atoms with Gasteiger partial charge in [-0.15, -0.1) is 0 Å². The van der Waals surface area contributed by atoms with Gasteiger partial charge in [0.25, 0.3) is 0 Å². The van der Waals surface area contributed by atoms with Crippen molar-refractivity contribution in [3.63, 3.8) is 0 Å². The number of nitrogens with zero attached hydrogens (tertiary/aromatic N) is 2. The Balaban J connectivity index is 1.80. The highest BCUT2D eigenvalue weighted by atomic mass is 32.1. The Hall–Kier alpha value is -4.36. The first-order chi connectivity index (χ1) is 17.1. The molecule has 0 saturated heterocycles. The van der Waals surface area contributed by atoms with Gasteiger partial charge < -0.3 is 15.2 Å². The van der Waals surface area contributed by atoms with E-state index in [0.717, 1.165) is 33.6 Å². The van der Waals surface area contributed by atoms with Crippen molar-refractivity contribution in [3.8, 4) is 33.8 Å². The first-order valence-corrected chi connectivity index (χ1v) is 12.0. The summed E-state index contributed by atoms with van der Waals surface area (Å²) in [6.45, 7) is 2.03. The van der Waals surface area contributed by atoms with E-state index in [4.69, 9.17) is 9.84 Å². The van der Waals surface area contributed by atoms with Crippen LogP contribution in [0.15, 0.2) is 89.6 Å². The van der Waals surface area contributed by atoms with E-state index in [2.05, 4.69) is 10.7 Å². The molecular formula is C28H23N3O3S. The Morgan fingerprint density at radius 1 is 1.00 bits per heavy atom. The molecule has 2 heterocycles. The van der Waals surface area contributed by atoms with E-state index >= 15 is 0 Å². The second-order valence-corrected chi connectivity index (χ2v) is 8.77. The fourth-order valence-electron chi connectivity index (χ4n) is 4.05. The third kappa shape index (κ3) is 4.29. The molecule has 0 aliphatic carbocycles. The van der Waals surface area contributed by atoms with Crippen molar-refractivity contribution in [2.24, 2.45) is 0 Å². The maximum Gasteiger partial charge on any atom is 0.337 e. The molecule has 6 nitrogen and oxygen atoms in total. The van der Waals surface area contributed by atoms with Crippen LogP contribution in [-0.4, -0.2) is 28.0 Å². The van der Waals surface area contributed by atoms with Gasteiger partial charge in [0.05, 0.1) is 29.6 Å². The van der Waals surface area contributed by atoms with E-state index in [1.807, 2.05) is 77.6 Å². The van der Waals surface area contributed by atoms with E-state index in [1.165, 1.54) is 13.2 Å². The SMILES string of the molecule is COc1ccc(Nc2c(-c3ccsc3)c(-c3ccccc3)nn2-c2ccccc2C)c(C(=O)O)c1. The third-order valence-electron chi connectivity index (χ3n) is 5.80. The number of para-hydroxylation sites is 1. The number of aromatic nitrogens is 2. The summed E-state index contributed by atoms with van der Waals surface area (Å²) in [7, 11) is 1.52. The number of nitrogens with one attached hydrogen (secondary N) is 1. The van der Waals surface area contributed by atoms with Gasteiger partial charge in [-0.3, -0.25) is 0 Å². The predicted octanol–water partition coefficient (Wildman–Crippen LogP) is 7.03. The average molecular weight is 482 g/mol. The number of ether oxygens (including phenoxy) is 1. The number of carboxylic acids is 1. The lowest BCUT2D eigenvalue weighted by Crippen LogP contribution is -2.08. The van der Waals surface area contributed by atoms with Gasteiger partial charge in [-0.1, -0.05) is 48.5 Å². The summed E-state index contributed by atoms with van der Waals surface area (Å²) in [5, 5.41) is 22.5. The standard InChI is InChI=1S/C28H23N3O3S/c1-18-8-6-7-11-24(18)31-27(29-23-13-12-21(34-2)16-22(23)28(32)33)25(20-14-15-35-17-20)26(30-31)19-9-4-3-5-10-19/h3-17,29H,1-2H3,(H,32,33). The van der Waals surface area contributed by atoms with E-state index in [9.17, 15) is 9.90 Å². The highest BCUT2D eigenvalue weighted by molar-refractivity contribution is 7.08. The molecule has 0 aliphatic rings. The fraction of sp³-hybridized carbons (Fsp3) is 0.0714. The Labute approximate surface area is 207 Å². The second kappa shape index (κ2) is 9.48. The molecule has 5 aromatic rings. The van der Waals surface area contributed by atoms with Crippen molar-refractivity contribution in [2.45, 2.75) is 6.92 Å². The monoisotopic (exact) mass is 481 g/mol. The summed E-state index contributed by atoms with van der Waals surface area (Å²) in [5.74, 6) is 0.112. The van der Waals surface area contributed by atoms with Gasteiger partial charge in [-0.25, -0.2) is 9.48 Å². The molecule has 5 rings (SSSR count). The van der Waals surface area contributed by atoms with Crippen molar-refractivity contribution in [1.29, 1.82) is 0 Å². The first kappa shape index (κ1) is 22.4. The quantitative estimate of drug-likeness (QED) is 0.261. The minimum atomic E-state index is -1.05. The van der Waals surface area contributed by atoms with Gasteiger partial charge in [0.1, 0.15) is 17.3 Å². The van der Waals surface area contributed by atoms with E-state index in [-0.39, 0.29) is 5.56 Å². The number of carbonyl (C=O) groups is 1. The van der Waals surface area contributed by atoms with Crippen LogP contribution in [0.25, 0.3) is 28.1 Å². The number of thiophene rings is 1. The van der Waals surface area contributed by atoms with Crippen LogP contribution in [0.4, 0.5) is 11.5 Å². The van der Waals surface area contributed by atoms with E-state index in [0.29, 0.717) is 17.3 Å². The normalized spacial score (nSPS) is 10.8. The van der Waals surface area contributed by atoms with Crippen LogP contribution in [0.1, 0.15) is 15.9 Å². The number of benzene rings is 3. The average Bonchev–Trinajstić information content (AvgIpc) is 3.53. The topological polar surface area (TPSA) is 76.4 Å². The second-order valence-electron chi connectivity index (χ2n) is 7.99. The third-order valence-corrected chi connectivity index (χ3v) is 6.48. The molecule has 0 amide bonds. The van der Waals surface area contributed by atoms with Crippen molar-refractivity contribution >= 4 is 28.8 Å². The lowest BCUT2D eigenvalue weighted by molar-refractivity contribution is 0.0697. The Kier molecular flexibility index (Phi) is 6.08. The Bertz CT molecular complexity index is 1490. The maximum absolute atomic E-state index is 12.1. The molecule has 2 aromatic heterocycles. The summed E-state index contributed by atoms with van der Waals surface area (Å²) >= 11 is 1.60. The molecule has 0 radical (unpaired) electrons. The minimum absolute atomic E-state index is 0.111. The summed E-state index contributed by atoms with van der Waals surface area (Å²) in [6.07, 6.45) is 0. The Morgan fingerprint density at radius 3 is 2.46 bits per heavy atom. The smallest absolute Gasteiger partial charge is 0.337 e. The van der Waals surface area contributed by atoms with Crippen LogP contribution in [0, 0.1) is 6.92 Å². The number of aryl methyl sites for hydroxylation is 1. The van der Waals surface area contributed by atoms with Crippen molar-refractivity contribution in [3.05, 3.63) is 101 Å². The molecule has 3 aromatic carbocycles. The largest absolute Gasteiger partial charge is 0.497 e. The molecule has 0 fully saturated rings. The highest BCUT2D eigenvalue weighted by Gasteiger charge is 2.24. The van der Waals surface area contributed by atoms with Crippen LogP contribution in [0.3, 0.4) is 0 Å². The summed E-state index contributed by atoms with van der Waals surface area (Å²) in [5.41, 5.74) is 6.18. The molecule has 174 valence electrons. The lowest BCUT2D eigenvalue weighted by Gasteiger charge is -2.15. The molecule has 35 heavy (non-hydrogen) atoms. The predicted molar refractivity (Wildman–Crippen MR) is 140 cm³/mol. The zero-order valence-corrected chi connectivity index (χ0v) is 20.0. The van der Waals surface area contributed by atoms with Crippen LogP contribution >= 0.6 is 11.3 Å². The molecule has 0 spiro atoms.